The van der Waals surface area contributed by atoms with E-state index in [0.29, 0.717) is 0 Å². The Morgan fingerprint density at radius 1 is 0.900 bits per heavy atom. The molecule has 1 N–H and O–H groups in total. The van der Waals surface area contributed by atoms with Crippen LogP contribution in [-0.4, -0.2) is 5.54 Å². The van der Waals surface area contributed by atoms with Gasteiger partial charge >= 0.3 is 0 Å². The third kappa shape index (κ3) is 4.78. The van der Waals surface area contributed by atoms with Gasteiger partial charge in [-0.25, -0.2) is 4.39 Å². The molecule has 2 heteroatoms. The summed E-state index contributed by atoms with van der Waals surface area (Å²) in [6.45, 7) is 5.18. The molecule has 2 aromatic rings. The molecule has 0 saturated heterocycles. The maximum Gasteiger partial charge on any atom is 0.123 e. The number of nitrogens with one attached hydrogen (secondary N) is 1. The Morgan fingerprint density at radius 2 is 1.55 bits per heavy atom. The predicted molar refractivity (Wildman–Crippen MR) is 82.1 cm³/mol. The lowest BCUT2D eigenvalue weighted by molar-refractivity contribution is 0.360. The first-order valence-electron chi connectivity index (χ1n) is 7.09. The van der Waals surface area contributed by atoms with Crippen LogP contribution in [0, 0.1) is 5.82 Å². The summed E-state index contributed by atoms with van der Waals surface area (Å²) in [6.07, 6.45) is 2.13. The molecule has 0 fully saturated rings. The lowest BCUT2D eigenvalue weighted by Gasteiger charge is -2.26. The van der Waals surface area contributed by atoms with Crippen LogP contribution in [0.2, 0.25) is 0 Å². The van der Waals surface area contributed by atoms with Crippen LogP contribution in [0.15, 0.2) is 54.6 Å². The maximum absolute atomic E-state index is 12.8. The minimum Gasteiger partial charge on any atom is -0.308 e. The predicted octanol–water partition coefficient (Wildman–Crippen LogP) is 4.33. The van der Waals surface area contributed by atoms with Crippen molar-refractivity contribution in [2.24, 2.45) is 0 Å². The van der Waals surface area contributed by atoms with E-state index in [4.69, 9.17) is 0 Å². The third-order valence-electron chi connectivity index (χ3n) is 3.57. The Bertz CT molecular complexity index is 517. The summed E-state index contributed by atoms with van der Waals surface area (Å²) in [4.78, 5) is 0. The Morgan fingerprint density at radius 3 is 2.20 bits per heavy atom. The highest BCUT2D eigenvalue weighted by Crippen LogP contribution is 2.14. The van der Waals surface area contributed by atoms with E-state index < -0.39 is 0 Å². The number of benzene rings is 2. The van der Waals surface area contributed by atoms with Crippen molar-refractivity contribution < 1.29 is 4.39 Å². The molecule has 0 heterocycles. The van der Waals surface area contributed by atoms with Gasteiger partial charge in [0.05, 0.1) is 0 Å². The Labute approximate surface area is 120 Å². The van der Waals surface area contributed by atoms with Crippen LogP contribution in [0.5, 0.6) is 0 Å². The van der Waals surface area contributed by atoms with Gasteiger partial charge in [-0.15, -0.1) is 0 Å². The minimum atomic E-state index is -0.183. The standard InChI is InChI=1S/C18H22FN/c1-18(2,13-12-15-6-4-3-5-7-15)20-14-16-8-10-17(19)11-9-16/h3-11,20H,12-14H2,1-2H3. The third-order valence-corrected chi connectivity index (χ3v) is 3.57. The van der Waals surface area contributed by atoms with Gasteiger partial charge in [0.1, 0.15) is 5.82 Å². The van der Waals surface area contributed by atoms with E-state index in [1.807, 2.05) is 18.2 Å². The van der Waals surface area contributed by atoms with E-state index in [1.54, 1.807) is 0 Å². The SMILES string of the molecule is CC(C)(CCc1ccccc1)NCc1ccc(F)cc1. The normalized spacial score (nSPS) is 11.6. The molecule has 0 bridgehead atoms. The smallest absolute Gasteiger partial charge is 0.123 e. The van der Waals surface area contributed by atoms with E-state index >= 15 is 0 Å². The molecule has 2 aromatic carbocycles. The van der Waals surface area contributed by atoms with Crippen LogP contribution in [-0.2, 0) is 13.0 Å². The number of hydrogen-bond acceptors (Lipinski definition) is 1. The number of rotatable bonds is 6. The fraction of sp³-hybridized carbons (Fsp3) is 0.333. The summed E-state index contributed by atoms with van der Waals surface area (Å²) in [5, 5.41) is 3.54. The highest BCUT2D eigenvalue weighted by molar-refractivity contribution is 5.17. The van der Waals surface area contributed by atoms with Gasteiger partial charge in [0, 0.05) is 12.1 Å². The average Bonchev–Trinajstić information content (AvgIpc) is 2.46. The zero-order valence-electron chi connectivity index (χ0n) is 12.2. The second-order valence-corrected chi connectivity index (χ2v) is 5.85. The fourth-order valence-corrected chi connectivity index (χ4v) is 2.13. The quantitative estimate of drug-likeness (QED) is 0.824. The molecule has 0 unspecified atom stereocenters. The summed E-state index contributed by atoms with van der Waals surface area (Å²) in [7, 11) is 0. The molecule has 0 aliphatic carbocycles. The van der Waals surface area contributed by atoms with Gasteiger partial charge in [0.25, 0.3) is 0 Å². The Kier molecular flexibility index (Phi) is 4.91. The lowest BCUT2D eigenvalue weighted by atomic mass is 9.95. The zero-order valence-corrected chi connectivity index (χ0v) is 12.2. The molecular formula is C18H22FN. The van der Waals surface area contributed by atoms with Gasteiger partial charge in [-0.2, -0.15) is 0 Å². The monoisotopic (exact) mass is 271 g/mol. The molecule has 0 spiro atoms. The maximum atomic E-state index is 12.8. The molecule has 0 atom stereocenters. The van der Waals surface area contributed by atoms with E-state index in [-0.39, 0.29) is 11.4 Å². The number of halogens is 1. The van der Waals surface area contributed by atoms with Crippen molar-refractivity contribution in [2.75, 3.05) is 0 Å². The fourth-order valence-electron chi connectivity index (χ4n) is 2.13. The first-order valence-corrected chi connectivity index (χ1v) is 7.09. The minimum absolute atomic E-state index is 0.0597. The topological polar surface area (TPSA) is 12.0 Å². The Balaban J connectivity index is 1.83. The molecule has 0 radical (unpaired) electrons. The van der Waals surface area contributed by atoms with Crippen LogP contribution < -0.4 is 5.32 Å². The molecule has 1 nitrogen and oxygen atoms in total. The molecular weight excluding hydrogens is 249 g/mol. The van der Waals surface area contributed by atoms with Crippen molar-refractivity contribution in [1.82, 2.24) is 5.32 Å². The van der Waals surface area contributed by atoms with E-state index in [0.717, 1.165) is 24.9 Å². The molecule has 0 amide bonds. The molecule has 0 aliphatic heterocycles. The van der Waals surface area contributed by atoms with Gasteiger partial charge in [-0.1, -0.05) is 42.5 Å². The van der Waals surface area contributed by atoms with E-state index in [9.17, 15) is 4.39 Å². The van der Waals surface area contributed by atoms with Crippen molar-refractivity contribution >= 4 is 0 Å². The average molecular weight is 271 g/mol. The van der Waals surface area contributed by atoms with Gasteiger partial charge < -0.3 is 5.32 Å². The highest BCUT2D eigenvalue weighted by Gasteiger charge is 2.16. The second-order valence-electron chi connectivity index (χ2n) is 5.85. The second kappa shape index (κ2) is 6.67. The van der Waals surface area contributed by atoms with Crippen LogP contribution in [0.1, 0.15) is 31.4 Å². The van der Waals surface area contributed by atoms with Gasteiger partial charge in [0.15, 0.2) is 0 Å². The van der Waals surface area contributed by atoms with Crippen LogP contribution in [0.25, 0.3) is 0 Å². The van der Waals surface area contributed by atoms with Gasteiger partial charge in [-0.3, -0.25) is 0 Å². The first kappa shape index (κ1) is 14.7. The summed E-state index contributed by atoms with van der Waals surface area (Å²) >= 11 is 0. The number of hydrogen-bond donors (Lipinski definition) is 1. The van der Waals surface area contributed by atoms with Crippen LogP contribution in [0.3, 0.4) is 0 Å². The van der Waals surface area contributed by atoms with Crippen molar-refractivity contribution in [2.45, 2.75) is 38.8 Å². The van der Waals surface area contributed by atoms with Crippen molar-refractivity contribution in [3.05, 3.63) is 71.5 Å². The summed E-state index contributed by atoms with van der Waals surface area (Å²) in [6, 6.07) is 17.2. The molecule has 20 heavy (non-hydrogen) atoms. The summed E-state index contributed by atoms with van der Waals surface area (Å²) in [5.41, 5.74) is 2.54. The largest absolute Gasteiger partial charge is 0.308 e. The Hall–Kier alpha value is -1.67. The van der Waals surface area contributed by atoms with Crippen molar-refractivity contribution in [3.8, 4) is 0 Å². The molecule has 0 aliphatic rings. The van der Waals surface area contributed by atoms with E-state index in [1.165, 1.54) is 17.7 Å². The summed E-state index contributed by atoms with van der Waals surface area (Å²) in [5.74, 6) is -0.183. The lowest BCUT2D eigenvalue weighted by Crippen LogP contribution is -2.39. The first-order chi connectivity index (χ1) is 9.55. The molecule has 106 valence electrons. The summed E-state index contributed by atoms with van der Waals surface area (Å²) < 4.78 is 12.8. The molecule has 0 saturated carbocycles. The zero-order chi connectivity index (χ0) is 14.4. The van der Waals surface area contributed by atoms with Crippen LogP contribution in [0.4, 0.5) is 4.39 Å². The van der Waals surface area contributed by atoms with Gasteiger partial charge in [-0.05, 0) is 49.9 Å². The van der Waals surface area contributed by atoms with Gasteiger partial charge in [0.2, 0.25) is 0 Å². The van der Waals surface area contributed by atoms with E-state index in [2.05, 4.69) is 43.4 Å². The van der Waals surface area contributed by atoms with Crippen LogP contribution >= 0.6 is 0 Å². The van der Waals surface area contributed by atoms with Crippen molar-refractivity contribution in [3.63, 3.8) is 0 Å². The van der Waals surface area contributed by atoms with Crippen molar-refractivity contribution in [1.29, 1.82) is 0 Å². The highest BCUT2D eigenvalue weighted by atomic mass is 19.1. The molecule has 2 rings (SSSR count). The molecule has 0 aromatic heterocycles. The number of aryl methyl sites for hydroxylation is 1.